The quantitative estimate of drug-likeness (QED) is 0.804. The number of esters is 1. The van der Waals surface area contributed by atoms with Gasteiger partial charge in [0.1, 0.15) is 0 Å². The maximum Gasteiger partial charge on any atom is 0.339 e. The second-order valence-corrected chi connectivity index (χ2v) is 6.17. The molecule has 6 nitrogen and oxygen atoms in total. The minimum absolute atomic E-state index is 0.0101. The van der Waals surface area contributed by atoms with Crippen molar-refractivity contribution in [1.29, 1.82) is 0 Å². The minimum atomic E-state index is -1.30. The van der Waals surface area contributed by atoms with Gasteiger partial charge in [0, 0.05) is 16.6 Å². The Kier molecular flexibility index (Phi) is 4.35. The van der Waals surface area contributed by atoms with Crippen LogP contribution in [0, 0.1) is 0 Å². The van der Waals surface area contributed by atoms with Crippen LogP contribution in [0.3, 0.4) is 0 Å². The lowest BCUT2D eigenvalue weighted by molar-refractivity contribution is -0.255. The van der Waals surface area contributed by atoms with Gasteiger partial charge >= 0.3 is 5.97 Å². The summed E-state index contributed by atoms with van der Waals surface area (Å²) in [6.07, 6.45) is -0.677. The summed E-state index contributed by atoms with van der Waals surface area (Å²) in [5, 5.41) is 13.3. The number of fused-ring (bicyclic) bond motifs is 1. The first-order valence-electron chi connectivity index (χ1n) is 7.06. The van der Waals surface area contributed by atoms with Gasteiger partial charge in [-0.25, -0.2) is 4.79 Å². The fraction of sp³-hybridized carbons (Fsp3) is 0.118. The van der Waals surface area contributed by atoms with E-state index in [1.165, 1.54) is 24.3 Å². The second kappa shape index (κ2) is 6.45. The topological polar surface area (TPSA) is 95.5 Å². The smallest absolute Gasteiger partial charge is 0.339 e. The monoisotopic (exact) mass is 388 g/mol. The zero-order valence-corrected chi connectivity index (χ0v) is 13.8. The molecule has 122 valence electrons. The number of carboxylic acids is 1. The third kappa shape index (κ3) is 3.30. The molecule has 2 aromatic rings. The number of nitrogens with one attached hydrogen (secondary N) is 1. The molecule has 1 atom stereocenters. The van der Waals surface area contributed by atoms with E-state index in [0.29, 0.717) is 11.3 Å². The van der Waals surface area contributed by atoms with E-state index in [0.717, 1.165) is 10.0 Å². The number of anilines is 1. The number of amides is 1. The molecular formula is C17H11BrNO5-. The van der Waals surface area contributed by atoms with E-state index < -0.39 is 23.9 Å². The average Bonchev–Trinajstić information content (AvgIpc) is 2.54. The molecule has 7 heteroatoms. The number of hydrogen-bond donors (Lipinski definition) is 1. The Morgan fingerprint density at radius 3 is 2.54 bits per heavy atom. The molecule has 3 rings (SSSR count). The fourth-order valence-corrected chi connectivity index (χ4v) is 2.83. The lowest BCUT2D eigenvalue weighted by Gasteiger charge is -2.24. The molecule has 1 aliphatic heterocycles. The molecule has 2 aromatic carbocycles. The molecule has 24 heavy (non-hydrogen) atoms. The molecule has 1 aliphatic rings. The van der Waals surface area contributed by atoms with Crippen LogP contribution in [0.25, 0.3) is 0 Å². The third-order valence-electron chi connectivity index (χ3n) is 3.62. The van der Waals surface area contributed by atoms with Crippen molar-refractivity contribution in [1.82, 2.24) is 0 Å². The van der Waals surface area contributed by atoms with Gasteiger partial charge in [0.05, 0.1) is 11.5 Å². The normalized spacial score (nSPS) is 16.0. The van der Waals surface area contributed by atoms with Crippen molar-refractivity contribution in [3.63, 3.8) is 0 Å². The van der Waals surface area contributed by atoms with Crippen LogP contribution < -0.4 is 10.4 Å². The van der Waals surface area contributed by atoms with E-state index in [4.69, 9.17) is 4.74 Å². The molecule has 0 fully saturated rings. The van der Waals surface area contributed by atoms with Crippen LogP contribution in [0.5, 0.6) is 0 Å². The highest BCUT2D eigenvalue weighted by Gasteiger charge is 2.31. The highest BCUT2D eigenvalue weighted by atomic mass is 79.9. The van der Waals surface area contributed by atoms with Crippen LogP contribution in [0.15, 0.2) is 46.9 Å². The standard InChI is InChI=1S/C17H12BrNO5/c18-11-3-6-13-10(7-11)8-14(24-17(13)23)15(20)19-12-4-1-9(2-5-12)16(21)22/h1-7,14H,8H2,(H,19,20)(H,21,22)/p-1/t14-/m0/s1. The Balaban J connectivity index is 1.74. The zero-order chi connectivity index (χ0) is 17.3. The van der Waals surface area contributed by atoms with Crippen molar-refractivity contribution in [3.8, 4) is 0 Å². The van der Waals surface area contributed by atoms with Crippen LogP contribution in [0.1, 0.15) is 26.3 Å². The molecule has 0 bridgehead atoms. The van der Waals surface area contributed by atoms with Gasteiger partial charge in [-0.2, -0.15) is 0 Å². The lowest BCUT2D eigenvalue weighted by Crippen LogP contribution is -2.38. The Morgan fingerprint density at radius 2 is 1.88 bits per heavy atom. The maximum absolute atomic E-state index is 12.3. The molecule has 0 unspecified atom stereocenters. The van der Waals surface area contributed by atoms with Crippen molar-refractivity contribution in [2.24, 2.45) is 0 Å². The van der Waals surface area contributed by atoms with E-state index in [9.17, 15) is 19.5 Å². The van der Waals surface area contributed by atoms with Gasteiger partial charge in [0.25, 0.3) is 5.91 Å². The average molecular weight is 389 g/mol. The van der Waals surface area contributed by atoms with Gasteiger partial charge in [-0.3, -0.25) is 4.79 Å². The van der Waals surface area contributed by atoms with Gasteiger partial charge in [0.15, 0.2) is 6.10 Å². The van der Waals surface area contributed by atoms with Crippen LogP contribution in [0.2, 0.25) is 0 Å². The maximum atomic E-state index is 12.3. The van der Waals surface area contributed by atoms with E-state index in [-0.39, 0.29) is 12.0 Å². The van der Waals surface area contributed by atoms with Gasteiger partial charge in [-0.1, -0.05) is 28.1 Å². The Hall–Kier alpha value is -2.67. The van der Waals surface area contributed by atoms with Crippen LogP contribution in [-0.2, 0) is 16.0 Å². The summed E-state index contributed by atoms with van der Waals surface area (Å²) in [4.78, 5) is 35.0. The Labute approximate surface area is 145 Å². The van der Waals surface area contributed by atoms with Gasteiger partial charge in [-0.15, -0.1) is 0 Å². The summed E-state index contributed by atoms with van der Waals surface area (Å²) >= 11 is 3.33. The summed E-state index contributed by atoms with van der Waals surface area (Å²) in [7, 11) is 0. The summed E-state index contributed by atoms with van der Waals surface area (Å²) in [5.74, 6) is -2.32. The number of carbonyl (C=O) groups excluding carboxylic acids is 3. The van der Waals surface area contributed by atoms with Crippen LogP contribution >= 0.6 is 15.9 Å². The highest BCUT2D eigenvalue weighted by Crippen LogP contribution is 2.25. The predicted octanol–water partition coefficient (Wildman–Crippen LogP) is 1.53. The molecule has 1 heterocycles. The van der Waals surface area contributed by atoms with Crippen molar-refractivity contribution in [2.75, 3.05) is 5.32 Å². The number of ether oxygens (including phenoxy) is 1. The highest BCUT2D eigenvalue weighted by molar-refractivity contribution is 9.10. The van der Waals surface area contributed by atoms with E-state index in [2.05, 4.69) is 21.2 Å². The van der Waals surface area contributed by atoms with Gasteiger partial charge in [0.2, 0.25) is 0 Å². The largest absolute Gasteiger partial charge is 0.545 e. The third-order valence-corrected chi connectivity index (χ3v) is 4.12. The molecule has 0 aromatic heterocycles. The molecule has 0 aliphatic carbocycles. The zero-order valence-electron chi connectivity index (χ0n) is 12.2. The first kappa shape index (κ1) is 16.2. The number of carboxylic acid groups (broad SMARTS) is 1. The number of benzene rings is 2. The van der Waals surface area contributed by atoms with Gasteiger partial charge < -0.3 is 20.0 Å². The minimum Gasteiger partial charge on any atom is -0.545 e. The van der Waals surface area contributed by atoms with Gasteiger partial charge in [-0.05, 0) is 41.5 Å². The van der Waals surface area contributed by atoms with Crippen LogP contribution in [-0.4, -0.2) is 23.9 Å². The molecule has 0 saturated heterocycles. The lowest BCUT2D eigenvalue weighted by atomic mass is 9.98. The van der Waals surface area contributed by atoms with E-state index in [1.54, 1.807) is 18.2 Å². The Morgan fingerprint density at radius 1 is 1.17 bits per heavy atom. The van der Waals surface area contributed by atoms with Crippen LogP contribution in [0.4, 0.5) is 5.69 Å². The number of halogens is 1. The number of aromatic carboxylic acids is 1. The summed E-state index contributed by atoms with van der Waals surface area (Å²) < 4.78 is 5.99. The molecule has 1 N–H and O–H groups in total. The molecular weight excluding hydrogens is 378 g/mol. The number of carbonyl (C=O) groups is 3. The number of cyclic esters (lactones) is 1. The van der Waals surface area contributed by atoms with Crippen molar-refractivity contribution < 1.29 is 24.2 Å². The molecule has 0 spiro atoms. The van der Waals surface area contributed by atoms with E-state index in [1.807, 2.05) is 0 Å². The first-order chi connectivity index (χ1) is 11.4. The molecule has 1 amide bonds. The summed E-state index contributed by atoms with van der Waals surface area (Å²) in [6, 6.07) is 10.7. The summed E-state index contributed by atoms with van der Waals surface area (Å²) in [5.41, 5.74) is 1.59. The molecule has 0 saturated carbocycles. The first-order valence-corrected chi connectivity index (χ1v) is 7.85. The van der Waals surface area contributed by atoms with Crippen molar-refractivity contribution >= 4 is 39.5 Å². The number of rotatable bonds is 3. The SMILES string of the molecule is O=C([O-])c1ccc(NC(=O)[C@@H]2Cc3cc(Br)ccc3C(=O)O2)cc1. The number of hydrogen-bond acceptors (Lipinski definition) is 5. The Bertz CT molecular complexity index is 831. The second-order valence-electron chi connectivity index (χ2n) is 5.25. The predicted molar refractivity (Wildman–Crippen MR) is 86.5 cm³/mol. The molecule has 0 radical (unpaired) electrons. The van der Waals surface area contributed by atoms with Crippen molar-refractivity contribution in [2.45, 2.75) is 12.5 Å². The summed E-state index contributed by atoms with van der Waals surface area (Å²) in [6.45, 7) is 0. The van der Waals surface area contributed by atoms with Crippen molar-refractivity contribution in [3.05, 3.63) is 63.6 Å². The van der Waals surface area contributed by atoms with E-state index >= 15 is 0 Å². The fourth-order valence-electron chi connectivity index (χ4n) is 2.42.